The smallest absolute Gasteiger partial charge is 0.0335 e. The van der Waals surface area contributed by atoms with Crippen molar-refractivity contribution in [1.82, 2.24) is 9.80 Å². The van der Waals surface area contributed by atoms with Crippen LogP contribution in [0.4, 0.5) is 0 Å². The van der Waals surface area contributed by atoms with Gasteiger partial charge in [0.2, 0.25) is 0 Å². The molecule has 3 rings (SSSR count). The second kappa shape index (κ2) is 5.34. The van der Waals surface area contributed by atoms with Crippen LogP contribution in [0.5, 0.6) is 0 Å². The molecule has 0 aromatic rings. The van der Waals surface area contributed by atoms with Crippen LogP contribution in [0.25, 0.3) is 0 Å². The summed E-state index contributed by atoms with van der Waals surface area (Å²) in [6.45, 7) is 10.8. The molecule has 19 heavy (non-hydrogen) atoms. The number of piperazine rings is 1. The van der Waals surface area contributed by atoms with Crippen LogP contribution in [0.2, 0.25) is 0 Å². The molecule has 3 heteroatoms. The summed E-state index contributed by atoms with van der Waals surface area (Å²) in [7, 11) is 0. The Bertz CT molecular complexity index is 319. The molecule has 0 radical (unpaired) electrons. The molecule has 4 unspecified atom stereocenters. The number of hydrogen-bond donors (Lipinski definition) is 1. The first-order chi connectivity index (χ1) is 9.14. The Morgan fingerprint density at radius 2 is 1.95 bits per heavy atom. The molecule has 0 spiro atoms. The molecule has 2 N–H and O–H groups in total. The standard InChI is InChI=1S/C16H31N3/c1-13-5-6-16(12-17,10-14(13)2)19-9-8-18-7-3-4-15(18)11-19/h13-15H,3-12,17H2,1-2H3. The van der Waals surface area contributed by atoms with Gasteiger partial charge in [0, 0.05) is 37.8 Å². The average molecular weight is 265 g/mol. The van der Waals surface area contributed by atoms with Crippen molar-refractivity contribution in [3.63, 3.8) is 0 Å². The third kappa shape index (κ3) is 2.45. The average Bonchev–Trinajstić information content (AvgIpc) is 2.89. The predicted molar refractivity (Wildman–Crippen MR) is 80.1 cm³/mol. The SMILES string of the molecule is CC1CCC(CN)(N2CCN3CCCC3C2)CC1C. The molecule has 2 saturated heterocycles. The van der Waals surface area contributed by atoms with Crippen molar-refractivity contribution in [3.05, 3.63) is 0 Å². The lowest BCUT2D eigenvalue weighted by molar-refractivity contribution is -0.0230. The zero-order valence-electron chi connectivity index (χ0n) is 12.8. The number of fused-ring (bicyclic) bond motifs is 1. The summed E-state index contributed by atoms with van der Waals surface area (Å²) in [5.41, 5.74) is 6.58. The van der Waals surface area contributed by atoms with Crippen molar-refractivity contribution in [1.29, 1.82) is 0 Å². The highest BCUT2D eigenvalue weighted by Crippen LogP contribution is 2.40. The van der Waals surface area contributed by atoms with Gasteiger partial charge in [-0.15, -0.1) is 0 Å². The molecule has 0 aromatic heterocycles. The Labute approximate surface area is 118 Å². The maximum Gasteiger partial charge on any atom is 0.0335 e. The number of nitrogens with two attached hydrogens (primary N) is 1. The van der Waals surface area contributed by atoms with Gasteiger partial charge < -0.3 is 5.73 Å². The fourth-order valence-electron chi connectivity index (χ4n) is 4.71. The number of hydrogen-bond acceptors (Lipinski definition) is 3. The van der Waals surface area contributed by atoms with Crippen LogP contribution in [0.3, 0.4) is 0 Å². The van der Waals surface area contributed by atoms with Gasteiger partial charge in [0.1, 0.15) is 0 Å². The van der Waals surface area contributed by atoms with Crippen molar-refractivity contribution in [3.8, 4) is 0 Å². The molecule has 2 heterocycles. The van der Waals surface area contributed by atoms with Crippen LogP contribution >= 0.6 is 0 Å². The lowest BCUT2D eigenvalue weighted by Crippen LogP contribution is -2.63. The van der Waals surface area contributed by atoms with Gasteiger partial charge in [-0.1, -0.05) is 13.8 Å². The summed E-state index contributed by atoms with van der Waals surface area (Å²) >= 11 is 0. The van der Waals surface area contributed by atoms with Gasteiger partial charge in [-0.05, 0) is 50.5 Å². The van der Waals surface area contributed by atoms with Crippen molar-refractivity contribution in [2.45, 2.75) is 57.5 Å². The third-order valence-corrected chi connectivity index (χ3v) is 6.38. The van der Waals surface area contributed by atoms with Crippen LogP contribution in [0.15, 0.2) is 0 Å². The van der Waals surface area contributed by atoms with Crippen LogP contribution < -0.4 is 5.73 Å². The van der Waals surface area contributed by atoms with Crippen LogP contribution in [-0.2, 0) is 0 Å². The number of nitrogens with zero attached hydrogens (tertiary/aromatic N) is 2. The van der Waals surface area contributed by atoms with Gasteiger partial charge in [-0.25, -0.2) is 0 Å². The third-order valence-electron chi connectivity index (χ3n) is 6.38. The summed E-state index contributed by atoms with van der Waals surface area (Å²) in [5, 5.41) is 0. The van der Waals surface area contributed by atoms with Gasteiger partial charge in [-0.2, -0.15) is 0 Å². The highest BCUT2D eigenvalue weighted by Gasteiger charge is 2.44. The Morgan fingerprint density at radius 1 is 1.11 bits per heavy atom. The molecular weight excluding hydrogens is 234 g/mol. The van der Waals surface area contributed by atoms with Gasteiger partial charge in [0.25, 0.3) is 0 Å². The summed E-state index contributed by atoms with van der Waals surface area (Å²) < 4.78 is 0. The normalized spacial score (nSPS) is 45.3. The fourth-order valence-corrected chi connectivity index (χ4v) is 4.71. The van der Waals surface area contributed by atoms with Crippen molar-refractivity contribution in [2.24, 2.45) is 17.6 Å². The summed E-state index contributed by atoms with van der Waals surface area (Å²) in [4.78, 5) is 5.48. The largest absolute Gasteiger partial charge is 0.329 e. The first-order valence-corrected chi connectivity index (χ1v) is 8.34. The molecule has 4 atom stereocenters. The van der Waals surface area contributed by atoms with Crippen molar-refractivity contribution in [2.75, 3.05) is 32.7 Å². The van der Waals surface area contributed by atoms with E-state index in [4.69, 9.17) is 5.73 Å². The van der Waals surface area contributed by atoms with Gasteiger partial charge >= 0.3 is 0 Å². The lowest BCUT2D eigenvalue weighted by Gasteiger charge is -2.53. The number of rotatable bonds is 2. The molecule has 3 aliphatic rings. The molecule has 0 aromatic carbocycles. The highest BCUT2D eigenvalue weighted by molar-refractivity contribution is 5.01. The minimum Gasteiger partial charge on any atom is -0.329 e. The van der Waals surface area contributed by atoms with Crippen molar-refractivity contribution >= 4 is 0 Å². The summed E-state index contributed by atoms with van der Waals surface area (Å²) in [6, 6.07) is 0.826. The van der Waals surface area contributed by atoms with E-state index in [2.05, 4.69) is 23.6 Å². The van der Waals surface area contributed by atoms with E-state index in [1.165, 1.54) is 58.3 Å². The van der Waals surface area contributed by atoms with Crippen molar-refractivity contribution < 1.29 is 0 Å². The van der Waals surface area contributed by atoms with E-state index >= 15 is 0 Å². The molecule has 3 fully saturated rings. The molecule has 0 amide bonds. The van der Waals surface area contributed by atoms with E-state index in [9.17, 15) is 0 Å². The first kappa shape index (κ1) is 13.8. The van der Waals surface area contributed by atoms with E-state index in [-0.39, 0.29) is 0 Å². The Morgan fingerprint density at radius 3 is 2.68 bits per heavy atom. The topological polar surface area (TPSA) is 32.5 Å². The molecule has 2 aliphatic heterocycles. The summed E-state index contributed by atoms with van der Waals surface area (Å²) in [5.74, 6) is 1.71. The Balaban J connectivity index is 1.71. The Kier molecular flexibility index (Phi) is 3.89. The molecule has 3 nitrogen and oxygen atoms in total. The van der Waals surface area contributed by atoms with E-state index in [1.54, 1.807) is 0 Å². The summed E-state index contributed by atoms with van der Waals surface area (Å²) in [6.07, 6.45) is 6.81. The van der Waals surface area contributed by atoms with Crippen LogP contribution in [0, 0.1) is 11.8 Å². The molecule has 0 bridgehead atoms. The van der Waals surface area contributed by atoms with Gasteiger partial charge in [0.15, 0.2) is 0 Å². The second-order valence-corrected chi connectivity index (χ2v) is 7.40. The zero-order chi connectivity index (χ0) is 13.5. The molecule has 110 valence electrons. The maximum absolute atomic E-state index is 6.26. The molecular formula is C16H31N3. The minimum atomic E-state index is 0.320. The monoisotopic (exact) mass is 265 g/mol. The van der Waals surface area contributed by atoms with E-state index in [1.807, 2.05) is 0 Å². The Hall–Kier alpha value is -0.120. The van der Waals surface area contributed by atoms with Gasteiger partial charge in [0.05, 0.1) is 0 Å². The van der Waals surface area contributed by atoms with E-state index in [0.717, 1.165) is 24.4 Å². The predicted octanol–water partition coefficient (Wildman–Crippen LogP) is 1.92. The maximum atomic E-state index is 6.26. The molecule has 1 aliphatic carbocycles. The second-order valence-electron chi connectivity index (χ2n) is 7.40. The first-order valence-electron chi connectivity index (χ1n) is 8.34. The lowest BCUT2D eigenvalue weighted by atomic mass is 9.70. The van der Waals surface area contributed by atoms with Crippen LogP contribution in [0.1, 0.15) is 46.0 Å². The van der Waals surface area contributed by atoms with E-state index < -0.39 is 0 Å². The minimum absolute atomic E-state index is 0.320. The van der Waals surface area contributed by atoms with Crippen LogP contribution in [-0.4, -0.2) is 54.1 Å². The van der Waals surface area contributed by atoms with E-state index in [0.29, 0.717) is 5.54 Å². The quantitative estimate of drug-likeness (QED) is 0.828. The molecule has 1 saturated carbocycles. The zero-order valence-corrected chi connectivity index (χ0v) is 12.8. The fraction of sp³-hybridized carbons (Fsp3) is 1.00. The van der Waals surface area contributed by atoms with Gasteiger partial charge in [-0.3, -0.25) is 9.80 Å². The highest BCUT2D eigenvalue weighted by atomic mass is 15.3.